The smallest absolute Gasteiger partial charge is 0.0719 e. The summed E-state index contributed by atoms with van der Waals surface area (Å²) < 4.78 is 5.16. The Morgan fingerprint density at radius 1 is 1.29 bits per heavy atom. The van der Waals surface area contributed by atoms with Gasteiger partial charge in [-0.15, -0.1) is 0 Å². The lowest BCUT2D eigenvalue weighted by molar-refractivity contribution is 0.186. The van der Waals surface area contributed by atoms with E-state index in [0.29, 0.717) is 6.61 Å². The van der Waals surface area contributed by atoms with Crippen molar-refractivity contribution in [2.75, 3.05) is 7.11 Å². The minimum Gasteiger partial charge on any atom is -0.380 e. The van der Waals surface area contributed by atoms with Gasteiger partial charge >= 0.3 is 0 Å². The standard InChI is InChI=1S/C12H13NO/c1-9-12-10(6-7-13-9)4-3-5-11(12)8-14-2/h3-7H,8H2,1-2H3. The lowest BCUT2D eigenvalue weighted by Crippen LogP contribution is -1.92. The topological polar surface area (TPSA) is 22.1 Å². The van der Waals surface area contributed by atoms with Crippen molar-refractivity contribution < 1.29 is 4.74 Å². The molecular weight excluding hydrogens is 174 g/mol. The summed E-state index contributed by atoms with van der Waals surface area (Å²) in [7, 11) is 1.71. The first-order valence-electron chi connectivity index (χ1n) is 4.65. The molecular formula is C12H13NO. The highest BCUT2D eigenvalue weighted by Crippen LogP contribution is 2.21. The van der Waals surface area contributed by atoms with Crippen LogP contribution in [0.2, 0.25) is 0 Å². The number of rotatable bonds is 2. The van der Waals surface area contributed by atoms with Crippen LogP contribution in [0, 0.1) is 6.92 Å². The maximum absolute atomic E-state index is 5.16. The summed E-state index contributed by atoms with van der Waals surface area (Å²) in [6.07, 6.45) is 1.84. The van der Waals surface area contributed by atoms with E-state index >= 15 is 0 Å². The monoisotopic (exact) mass is 187 g/mol. The molecule has 0 fully saturated rings. The quantitative estimate of drug-likeness (QED) is 0.721. The van der Waals surface area contributed by atoms with Gasteiger partial charge in [-0.25, -0.2) is 0 Å². The van der Waals surface area contributed by atoms with Crippen LogP contribution in [0.1, 0.15) is 11.3 Å². The first kappa shape index (κ1) is 9.16. The van der Waals surface area contributed by atoms with Crippen LogP contribution in [0.15, 0.2) is 30.5 Å². The molecule has 14 heavy (non-hydrogen) atoms. The molecule has 0 saturated carbocycles. The van der Waals surface area contributed by atoms with E-state index in [9.17, 15) is 0 Å². The van der Waals surface area contributed by atoms with Gasteiger partial charge in [0.2, 0.25) is 0 Å². The number of fused-ring (bicyclic) bond motifs is 1. The number of pyridine rings is 1. The average molecular weight is 187 g/mol. The van der Waals surface area contributed by atoms with Crippen LogP contribution in [0.25, 0.3) is 10.8 Å². The van der Waals surface area contributed by atoms with Gasteiger partial charge in [-0.3, -0.25) is 4.98 Å². The summed E-state index contributed by atoms with van der Waals surface area (Å²) in [6, 6.07) is 8.27. The highest BCUT2D eigenvalue weighted by molar-refractivity contribution is 5.87. The normalized spacial score (nSPS) is 10.7. The molecule has 2 aromatic rings. The van der Waals surface area contributed by atoms with Crippen LogP contribution < -0.4 is 0 Å². The van der Waals surface area contributed by atoms with Gasteiger partial charge in [-0.1, -0.05) is 18.2 Å². The van der Waals surface area contributed by atoms with Crippen molar-refractivity contribution in [1.29, 1.82) is 0 Å². The third kappa shape index (κ3) is 1.49. The zero-order valence-electron chi connectivity index (χ0n) is 8.45. The SMILES string of the molecule is COCc1cccc2ccnc(C)c12. The van der Waals surface area contributed by atoms with E-state index < -0.39 is 0 Å². The van der Waals surface area contributed by atoms with E-state index in [0.717, 1.165) is 5.69 Å². The fraction of sp³-hybridized carbons (Fsp3) is 0.250. The van der Waals surface area contributed by atoms with Gasteiger partial charge < -0.3 is 4.74 Å². The van der Waals surface area contributed by atoms with Crippen LogP contribution in [-0.2, 0) is 11.3 Å². The zero-order chi connectivity index (χ0) is 9.97. The van der Waals surface area contributed by atoms with Crippen LogP contribution in [-0.4, -0.2) is 12.1 Å². The number of hydrogen-bond acceptors (Lipinski definition) is 2. The molecule has 0 spiro atoms. The van der Waals surface area contributed by atoms with Gasteiger partial charge in [0.05, 0.1) is 6.61 Å². The number of aromatic nitrogens is 1. The Kier molecular flexibility index (Phi) is 2.46. The summed E-state index contributed by atoms with van der Waals surface area (Å²) in [5.41, 5.74) is 2.27. The van der Waals surface area contributed by atoms with Crippen molar-refractivity contribution in [3.05, 3.63) is 41.7 Å². The molecule has 1 aromatic carbocycles. The predicted molar refractivity (Wildman–Crippen MR) is 57.2 cm³/mol. The maximum atomic E-state index is 5.16. The molecule has 0 N–H and O–H groups in total. The summed E-state index contributed by atoms with van der Waals surface area (Å²) in [6.45, 7) is 2.67. The van der Waals surface area contributed by atoms with Gasteiger partial charge in [-0.05, 0) is 23.9 Å². The molecule has 1 aromatic heterocycles. The van der Waals surface area contributed by atoms with Gasteiger partial charge in [0, 0.05) is 24.4 Å². The summed E-state index contributed by atoms with van der Waals surface area (Å²) >= 11 is 0. The summed E-state index contributed by atoms with van der Waals surface area (Å²) in [5.74, 6) is 0. The third-order valence-electron chi connectivity index (χ3n) is 2.37. The Labute approximate surface area is 83.5 Å². The lowest BCUT2D eigenvalue weighted by atomic mass is 10.0. The second-order valence-electron chi connectivity index (χ2n) is 3.34. The largest absolute Gasteiger partial charge is 0.380 e. The van der Waals surface area contributed by atoms with Crippen molar-refractivity contribution in [2.45, 2.75) is 13.5 Å². The third-order valence-corrected chi connectivity index (χ3v) is 2.37. The Hall–Kier alpha value is -1.41. The second kappa shape index (κ2) is 3.76. The summed E-state index contributed by atoms with van der Waals surface area (Å²) in [5, 5.41) is 2.45. The van der Waals surface area contributed by atoms with Gasteiger partial charge in [-0.2, -0.15) is 0 Å². The molecule has 2 heteroatoms. The number of aryl methyl sites for hydroxylation is 1. The van der Waals surface area contributed by atoms with Crippen molar-refractivity contribution in [3.63, 3.8) is 0 Å². The van der Waals surface area contributed by atoms with E-state index in [2.05, 4.69) is 23.2 Å². The van der Waals surface area contributed by atoms with Crippen molar-refractivity contribution in [1.82, 2.24) is 4.98 Å². The van der Waals surface area contributed by atoms with Crippen LogP contribution in [0.5, 0.6) is 0 Å². The maximum Gasteiger partial charge on any atom is 0.0719 e. The number of nitrogens with zero attached hydrogens (tertiary/aromatic N) is 1. The first-order chi connectivity index (χ1) is 6.83. The number of methoxy groups -OCH3 is 1. The molecule has 0 radical (unpaired) electrons. The minimum atomic E-state index is 0.643. The molecule has 0 bridgehead atoms. The van der Waals surface area contributed by atoms with Crippen molar-refractivity contribution in [3.8, 4) is 0 Å². The lowest BCUT2D eigenvalue weighted by Gasteiger charge is -2.07. The molecule has 0 aliphatic rings. The molecule has 0 aliphatic carbocycles. The van der Waals surface area contributed by atoms with Gasteiger partial charge in [0.25, 0.3) is 0 Å². The molecule has 0 unspecified atom stereocenters. The summed E-state index contributed by atoms with van der Waals surface area (Å²) in [4.78, 5) is 4.29. The van der Waals surface area contributed by atoms with Crippen LogP contribution in [0.4, 0.5) is 0 Å². The molecule has 1 heterocycles. The van der Waals surface area contributed by atoms with Crippen molar-refractivity contribution in [2.24, 2.45) is 0 Å². The van der Waals surface area contributed by atoms with Crippen LogP contribution >= 0.6 is 0 Å². The Bertz CT molecular complexity index is 446. The molecule has 0 amide bonds. The molecule has 0 aliphatic heterocycles. The molecule has 0 saturated heterocycles. The molecule has 72 valence electrons. The molecule has 2 nitrogen and oxygen atoms in total. The van der Waals surface area contributed by atoms with E-state index in [1.807, 2.05) is 19.2 Å². The Morgan fingerprint density at radius 3 is 2.93 bits per heavy atom. The highest BCUT2D eigenvalue weighted by Gasteiger charge is 2.03. The fourth-order valence-electron chi connectivity index (χ4n) is 1.77. The second-order valence-corrected chi connectivity index (χ2v) is 3.34. The minimum absolute atomic E-state index is 0.643. The number of ether oxygens (including phenoxy) is 1. The van der Waals surface area contributed by atoms with Crippen molar-refractivity contribution >= 4 is 10.8 Å². The van der Waals surface area contributed by atoms with E-state index in [-0.39, 0.29) is 0 Å². The van der Waals surface area contributed by atoms with E-state index in [1.54, 1.807) is 7.11 Å². The van der Waals surface area contributed by atoms with Gasteiger partial charge in [0.15, 0.2) is 0 Å². The first-order valence-corrected chi connectivity index (χ1v) is 4.65. The average Bonchev–Trinajstić information content (AvgIpc) is 2.19. The molecule has 0 atom stereocenters. The number of hydrogen-bond donors (Lipinski definition) is 0. The predicted octanol–water partition coefficient (Wildman–Crippen LogP) is 2.69. The molecule has 2 rings (SSSR count). The fourth-order valence-corrected chi connectivity index (χ4v) is 1.77. The van der Waals surface area contributed by atoms with Gasteiger partial charge in [0.1, 0.15) is 0 Å². The zero-order valence-corrected chi connectivity index (χ0v) is 8.45. The Balaban J connectivity index is 2.71. The Morgan fingerprint density at radius 2 is 2.14 bits per heavy atom. The highest BCUT2D eigenvalue weighted by atomic mass is 16.5. The number of benzene rings is 1. The van der Waals surface area contributed by atoms with Crippen LogP contribution in [0.3, 0.4) is 0 Å². The van der Waals surface area contributed by atoms with E-state index in [1.165, 1.54) is 16.3 Å². The van der Waals surface area contributed by atoms with E-state index in [4.69, 9.17) is 4.74 Å².